The summed E-state index contributed by atoms with van der Waals surface area (Å²) in [6.07, 6.45) is -2.61. The Labute approximate surface area is 171 Å². The third-order valence-corrected chi connectivity index (χ3v) is 4.66. The molecule has 2 rings (SSSR count). The van der Waals surface area contributed by atoms with Crippen molar-refractivity contribution in [3.63, 3.8) is 0 Å². The standard InChI is InChI=1S/C21H20F2N2O5/c1-12(26)16-11-15(16)6-4-3-5-13-7-9-14(10-8-13)18(27)24-17(19(28)25-30)21(2,29)20(22)23/h7-10,15-17,20,29-30H,11H2,1-2H3,(H,24,27)(H,25,28)/t15?,16?,17-,21+/m1/s1. The lowest BCUT2D eigenvalue weighted by Gasteiger charge is -2.30. The number of amides is 2. The van der Waals surface area contributed by atoms with Gasteiger partial charge in [0.1, 0.15) is 11.8 Å². The van der Waals surface area contributed by atoms with Crippen LogP contribution < -0.4 is 10.8 Å². The first kappa shape index (κ1) is 23.0. The van der Waals surface area contributed by atoms with Gasteiger partial charge in [0, 0.05) is 23.0 Å². The van der Waals surface area contributed by atoms with Gasteiger partial charge in [0.15, 0.2) is 5.60 Å². The minimum Gasteiger partial charge on any atom is -0.381 e. The molecule has 0 saturated heterocycles. The molecule has 158 valence electrons. The van der Waals surface area contributed by atoms with Crippen molar-refractivity contribution in [3.05, 3.63) is 35.4 Å². The quantitative estimate of drug-likeness (QED) is 0.311. The van der Waals surface area contributed by atoms with Gasteiger partial charge < -0.3 is 10.4 Å². The molecule has 0 radical (unpaired) electrons. The zero-order valence-electron chi connectivity index (χ0n) is 16.2. The van der Waals surface area contributed by atoms with Crippen LogP contribution in [-0.2, 0) is 9.59 Å². The molecule has 4 atom stereocenters. The van der Waals surface area contributed by atoms with E-state index < -0.39 is 29.9 Å². The number of carbonyl (C=O) groups excluding carboxylic acids is 3. The van der Waals surface area contributed by atoms with Crippen molar-refractivity contribution < 1.29 is 33.5 Å². The number of Topliss-reactive ketones (excluding diaryl/α,β-unsaturated/α-hetero) is 1. The predicted molar refractivity (Wildman–Crippen MR) is 101 cm³/mol. The molecule has 1 aromatic rings. The van der Waals surface area contributed by atoms with Gasteiger partial charge in [-0.25, -0.2) is 14.3 Å². The zero-order chi connectivity index (χ0) is 22.5. The Morgan fingerprint density at radius 1 is 1.20 bits per heavy atom. The third kappa shape index (κ3) is 5.63. The number of hydrogen-bond acceptors (Lipinski definition) is 5. The maximum Gasteiger partial charge on any atom is 0.269 e. The monoisotopic (exact) mass is 418 g/mol. The van der Waals surface area contributed by atoms with Crippen LogP contribution in [0.5, 0.6) is 0 Å². The number of nitrogens with one attached hydrogen (secondary N) is 2. The summed E-state index contributed by atoms with van der Waals surface area (Å²) < 4.78 is 26.0. The molecule has 1 aromatic carbocycles. The molecule has 0 heterocycles. The number of aliphatic hydroxyl groups is 1. The molecule has 1 fully saturated rings. The van der Waals surface area contributed by atoms with Gasteiger partial charge in [0.25, 0.3) is 18.2 Å². The fraction of sp³-hybridized carbons (Fsp3) is 0.381. The lowest BCUT2D eigenvalue weighted by Crippen LogP contribution is -2.61. The third-order valence-electron chi connectivity index (χ3n) is 4.66. The van der Waals surface area contributed by atoms with Crippen LogP contribution in [0.2, 0.25) is 0 Å². The van der Waals surface area contributed by atoms with Crippen molar-refractivity contribution in [2.24, 2.45) is 11.8 Å². The lowest BCUT2D eigenvalue weighted by molar-refractivity contribution is -0.149. The van der Waals surface area contributed by atoms with E-state index in [0.29, 0.717) is 12.5 Å². The molecule has 0 aliphatic heterocycles. The summed E-state index contributed by atoms with van der Waals surface area (Å²) in [5.41, 5.74) is -1.21. The van der Waals surface area contributed by atoms with E-state index in [9.17, 15) is 28.3 Å². The van der Waals surface area contributed by atoms with Gasteiger partial charge in [0.05, 0.1) is 0 Å². The molecule has 0 bridgehead atoms. The van der Waals surface area contributed by atoms with Crippen LogP contribution in [0.1, 0.15) is 36.2 Å². The molecule has 2 unspecified atom stereocenters. The average Bonchev–Trinajstić information content (AvgIpc) is 3.49. The van der Waals surface area contributed by atoms with Gasteiger partial charge in [-0.1, -0.05) is 11.8 Å². The number of ketones is 1. The molecule has 1 saturated carbocycles. The highest BCUT2D eigenvalue weighted by atomic mass is 19.3. The Morgan fingerprint density at radius 2 is 1.83 bits per heavy atom. The molecule has 0 spiro atoms. The van der Waals surface area contributed by atoms with Crippen LogP contribution in [0.4, 0.5) is 8.78 Å². The summed E-state index contributed by atoms with van der Waals surface area (Å²) in [6.45, 7) is 2.19. The highest BCUT2D eigenvalue weighted by Crippen LogP contribution is 2.38. The number of rotatable bonds is 6. The molecule has 0 aromatic heterocycles. The highest BCUT2D eigenvalue weighted by molar-refractivity contribution is 5.97. The smallest absolute Gasteiger partial charge is 0.269 e. The van der Waals surface area contributed by atoms with Crippen molar-refractivity contribution in [3.8, 4) is 23.7 Å². The topological polar surface area (TPSA) is 116 Å². The molecule has 2 amide bonds. The van der Waals surface area contributed by atoms with Crippen molar-refractivity contribution in [2.45, 2.75) is 38.3 Å². The van der Waals surface area contributed by atoms with Crippen LogP contribution in [-0.4, -0.2) is 46.0 Å². The van der Waals surface area contributed by atoms with Gasteiger partial charge in [0.2, 0.25) is 0 Å². The average molecular weight is 418 g/mol. The van der Waals surface area contributed by atoms with Crippen molar-refractivity contribution in [1.29, 1.82) is 0 Å². The number of hydrogen-bond donors (Lipinski definition) is 4. The van der Waals surface area contributed by atoms with E-state index in [1.807, 2.05) is 5.32 Å². The van der Waals surface area contributed by atoms with Crippen molar-refractivity contribution in [2.75, 3.05) is 0 Å². The van der Waals surface area contributed by atoms with Gasteiger partial charge in [-0.3, -0.25) is 19.6 Å². The van der Waals surface area contributed by atoms with Crippen LogP contribution in [0.25, 0.3) is 0 Å². The Balaban J connectivity index is 2.04. The van der Waals surface area contributed by atoms with Crippen molar-refractivity contribution >= 4 is 17.6 Å². The number of benzene rings is 1. The second-order valence-corrected chi connectivity index (χ2v) is 7.07. The van der Waals surface area contributed by atoms with Crippen molar-refractivity contribution in [1.82, 2.24) is 10.8 Å². The van der Waals surface area contributed by atoms with E-state index in [2.05, 4.69) is 23.7 Å². The zero-order valence-corrected chi connectivity index (χ0v) is 16.2. The molecule has 1 aliphatic rings. The summed E-state index contributed by atoms with van der Waals surface area (Å²) in [5, 5.41) is 20.5. The summed E-state index contributed by atoms with van der Waals surface area (Å²) >= 11 is 0. The Bertz CT molecular complexity index is 952. The number of halogens is 2. The normalized spacial score (nSPS) is 19.8. The first-order valence-electron chi connectivity index (χ1n) is 8.95. The molecule has 1 aliphatic carbocycles. The second-order valence-electron chi connectivity index (χ2n) is 7.07. The van der Waals surface area contributed by atoms with Crippen LogP contribution in [0.15, 0.2) is 24.3 Å². The van der Waals surface area contributed by atoms with Gasteiger partial charge in [-0.15, -0.1) is 0 Å². The number of hydroxylamine groups is 1. The molecular weight excluding hydrogens is 398 g/mol. The second kappa shape index (κ2) is 9.49. The molecule has 4 N–H and O–H groups in total. The first-order chi connectivity index (χ1) is 14.1. The largest absolute Gasteiger partial charge is 0.381 e. The summed E-state index contributed by atoms with van der Waals surface area (Å²) in [5.74, 6) is 8.86. The SMILES string of the molecule is CC(=O)C1CC1C#CC#Cc1ccc(C(=O)N[C@H](C(=O)NO)[C@](C)(O)C(F)F)cc1. The fourth-order valence-corrected chi connectivity index (χ4v) is 2.62. The minimum atomic E-state index is -3.36. The Kier molecular flexibility index (Phi) is 7.28. The number of alkyl halides is 2. The van der Waals surface area contributed by atoms with Crippen LogP contribution >= 0.6 is 0 Å². The minimum absolute atomic E-state index is 0.000292. The van der Waals surface area contributed by atoms with E-state index >= 15 is 0 Å². The summed E-state index contributed by atoms with van der Waals surface area (Å²) in [4.78, 5) is 35.0. The van der Waals surface area contributed by atoms with E-state index in [-0.39, 0.29) is 23.2 Å². The number of carbonyl (C=O) groups is 3. The highest BCUT2D eigenvalue weighted by Gasteiger charge is 2.46. The summed E-state index contributed by atoms with van der Waals surface area (Å²) in [6, 6.07) is 3.59. The maximum absolute atomic E-state index is 13.0. The molecule has 9 heteroatoms. The Morgan fingerprint density at radius 3 is 2.33 bits per heavy atom. The van der Waals surface area contributed by atoms with Gasteiger partial charge in [-0.2, -0.15) is 0 Å². The van der Waals surface area contributed by atoms with Crippen LogP contribution in [0, 0.1) is 35.5 Å². The lowest BCUT2D eigenvalue weighted by atomic mass is 9.95. The van der Waals surface area contributed by atoms with E-state index in [1.165, 1.54) is 31.2 Å². The molecular formula is C21H20F2N2O5. The predicted octanol–water partition coefficient (Wildman–Crippen LogP) is 0.887. The van der Waals surface area contributed by atoms with Gasteiger partial charge in [-0.05, 0) is 56.4 Å². The van der Waals surface area contributed by atoms with Gasteiger partial charge >= 0.3 is 0 Å². The maximum atomic E-state index is 13.0. The molecule has 7 nitrogen and oxygen atoms in total. The first-order valence-corrected chi connectivity index (χ1v) is 8.95. The van der Waals surface area contributed by atoms with E-state index in [0.717, 1.165) is 11.9 Å². The van der Waals surface area contributed by atoms with Crippen LogP contribution in [0.3, 0.4) is 0 Å². The fourth-order valence-electron chi connectivity index (χ4n) is 2.62. The summed E-state index contributed by atoms with van der Waals surface area (Å²) in [7, 11) is 0. The molecule has 30 heavy (non-hydrogen) atoms. The van der Waals surface area contributed by atoms with E-state index in [1.54, 1.807) is 0 Å². The Hall–Kier alpha value is -3.27. The van der Waals surface area contributed by atoms with E-state index in [4.69, 9.17) is 5.21 Å².